The number of imidazole rings is 1. The van der Waals surface area contributed by atoms with E-state index in [1.165, 1.54) is 31.6 Å². The maximum Gasteiger partial charge on any atom is 0.328 e. The lowest BCUT2D eigenvalue weighted by Crippen LogP contribution is -2.52. The second-order valence-electron chi connectivity index (χ2n) is 9.38. The van der Waals surface area contributed by atoms with E-state index in [4.69, 9.17) is 0 Å². The average Bonchev–Trinajstić information content (AvgIpc) is 3.11. The zero-order valence-corrected chi connectivity index (χ0v) is 23.2. The normalized spacial score (nSPS) is 15.9. The van der Waals surface area contributed by atoms with Gasteiger partial charge in [0, 0.05) is 31.7 Å². The number of nitrogens with one attached hydrogen (secondary N) is 1. The lowest BCUT2D eigenvalue weighted by molar-refractivity contribution is -0.125. The molecule has 1 aromatic heterocycles. The van der Waals surface area contributed by atoms with Gasteiger partial charge in [0.1, 0.15) is 11.9 Å². The Balaban J connectivity index is 1.48. The van der Waals surface area contributed by atoms with E-state index in [1.807, 2.05) is 24.3 Å². The van der Waals surface area contributed by atoms with E-state index in [1.54, 1.807) is 32.3 Å². The summed E-state index contributed by atoms with van der Waals surface area (Å²) in [6.07, 6.45) is 0.702. The van der Waals surface area contributed by atoms with Crippen LogP contribution in [0.15, 0.2) is 74.8 Å². The maximum absolute atomic E-state index is 14.1. The van der Waals surface area contributed by atoms with Crippen molar-refractivity contribution in [3.63, 3.8) is 0 Å². The van der Waals surface area contributed by atoms with Gasteiger partial charge in [-0.05, 0) is 69.7 Å². The van der Waals surface area contributed by atoms with Crippen LogP contribution in [0, 0.1) is 5.82 Å². The molecule has 11 heteroatoms. The van der Waals surface area contributed by atoms with Crippen molar-refractivity contribution in [3.8, 4) is 0 Å². The van der Waals surface area contributed by atoms with Gasteiger partial charge < -0.3 is 5.32 Å². The highest BCUT2D eigenvalue weighted by Gasteiger charge is 2.40. The van der Waals surface area contributed by atoms with Gasteiger partial charge in [0.25, 0.3) is 0 Å². The molecule has 0 aliphatic carbocycles. The van der Waals surface area contributed by atoms with Crippen LogP contribution in [0.1, 0.15) is 16.7 Å². The Morgan fingerprint density at radius 3 is 2.34 bits per heavy atom. The third-order valence-electron chi connectivity index (χ3n) is 7.05. The second kappa shape index (κ2) is 10.1. The van der Waals surface area contributed by atoms with Crippen LogP contribution in [0.5, 0.6) is 0 Å². The number of fused-ring (bicyclic) bond motifs is 2. The molecule has 0 saturated carbocycles. The van der Waals surface area contributed by atoms with Gasteiger partial charge in [0.15, 0.2) is 0 Å². The Hall–Kier alpha value is -3.28. The molecule has 5 rings (SSSR count). The van der Waals surface area contributed by atoms with Crippen LogP contribution in [0.3, 0.4) is 0 Å². The molecule has 1 amide bonds. The molecule has 0 fully saturated rings. The first kappa shape index (κ1) is 26.3. The smallest absolute Gasteiger partial charge is 0.328 e. The van der Waals surface area contributed by atoms with Crippen molar-refractivity contribution in [2.45, 2.75) is 30.3 Å². The van der Waals surface area contributed by atoms with Crippen LogP contribution in [-0.2, 0) is 48.3 Å². The van der Waals surface area contributed by atoms with Crippen molar-refractivity contribution < 1.29 is 17.6 Å². The number of carbonyl (C=O) groups is 1. The molecule has 1 aliphatic rings. The minimum absolute atomic E-state index is 0.0188. The fraction of sp³-hybridized carbons (Fsp3) is 0.259. The van der Waals surface area contributed by atoms with Crippen molar-refractivity contribution in [3.05, 3.63) is 98.1 Å². The van der Waals surface area contributed by atoms with Crippen molar-refractivity contribution in [1.82, 2.24) is 18.8 Å². The van der Waals surface area contributed by atoms with Gasteiger partial charge >= 0.3 is 5.69 Å². The molecule has 1 atom stereocenters. The van der Waals surface area contributed by atoms with Gasteiger partial charge in [0.2, 0.25) is 15.9 Å². The van der Waals surface area contributed by atoms with Gasteiger partial charge in [-0.25, -0.2) is 17.6 Å². The summed E-state index contributed by atoms with van der Waals surface area (Å²) in [5.41, 5.74) is 3.38. The summed E-state index contributed by atoms with van der Waals surface area (Å²) in [5, 5.41) is 2.86. The number of halogens is 2. The number of carbonyl (C=O) groups excluding carboxylic acids is 1. The van der Waals surface area contributed by atoms with Gasteiger partial charge in [-0.3, -0.25) is 13.9 Å². The molecule has 1 unspecified atom stereocenters. The molecule has 8 nitrogen and oxygen atoms in total. The fourth-order valence-corrected chi connectivity index (χ4v) is 7.48. The molecule has 38 heavy (non-hydrogen) atoms. The zero-order valence-electron chi connectivity index (χ0n) is 20.8. The third kappa shape index (κ3) is 4.70. The molecule has 198 valence electrons. The van der Waals surface area contributed by atoms with E-state index in [9.17, 15) is 22.4 Å². The third-order valence-corrected chi connectivity index (χ3v) is 9.86. The van der Waals surface area contributed by atoms with Crippen molar-refractivity contribution in [2.75, 3.05) is 6.54 Å². The fourth-order valence-electron chi connectivity index (χ4n) is 4.90. The lowest BCUT2D eigenvalue weighted by Gasteiger charge is -2.35. The van der Waals surface area contributed by atoms with Crippen LogP contribution in [0.25, 0.3) is 11.0 Å². The minimum Gasteiger partial charge on any atom is -0.354 e. The molecule has 0 saturated heterocycles. The first-order chi connectivity index (χ1) is 18.1. The summed E-state index contributed by atoms with van der Waals surface area (Å²) >= 11 is 3.39. The number of rotatable bonds is 6. The summed E-state index contributed by atoms with van der Waals surface area (Å²) < 4.78 is 45.8. The van der Waals surface area contributed by atoms with Crippen LogP contribution >= 0.6 is 15.9 Å². The number of hydrogen-bond acceptors (Lipinski definition) is 4. The molecule has 2 heterocycles. The van der Waals surface area contributed by atoms with Crippen LogP contribution < -0.4 is 11.0 Å². The Bertz CT molecular complexity index is 1710. The second-order valence-corrected chi connectivity index (χ2v) is 12.1. The Morgan fingerprint density at radius 1 is 1.03 bits per heavy atom. The molecule has 1 N–H and O–H groups in total. The Kier molecular flexibility index (Phi) is 7.01. The number of aryl methyl sites for hydroxylation is 2. The summed E-state index contributed by atoms with van der Waals surface area (Å²) in [4.78, 5) is 25.8. The molecule has 0 spiro atoms. The van der Waals surface area contributed by atoms with E-state index in [2.05, 4.69) is 21.2 Å². The monoisotopic (exact) mass is 600 g/mol. The van der Waals surface area contributed by atoms with Crippen LogP contribution in [0.4, 0.5) is 4.39 Å². The number of aromatic nitrogens is 2. The molecule has 0 radical (unpaired) electrons. The van der Waals surface area contributed by atoms with E-state index in [-0.39, 0.29) is 35.9 Å². The molecular formula is C27H26BrFN4O4S. The maximum atomic E-state index is 14.1. The quantitative estimate of drug-likeness (QED) is 0.368. The first-order valence-corrected chi connectivity index (χ1v) is 14.3. The van der Waals surface area contributed by atoms with Crippen molar-refractivity contribution in [2.24, 2.45) is 14.1 Å². The summed E-state index contributed by atoms with van der Waals surface area (Å²) in [6, 6.07) is 15.6. The summed E-state index contributed by atoms with van der Waals surface area (Å²) in [5.74, 6) is -0.742. The topological polar surface area (TPSA) is 93.4 Å². The van der Waals surface area contributed by atoms with Crippen molar-refractivity contribution >= 4 is 42.9 Å². The zero-order chi connectivity index (χ0) is 27.2. The number of hydrogen-bond donors (Lipinski definition) is 1. The first-order valence-electron chi connectivity index (χ1n) is 12.0. The lowest BCUT2D eigenvalue weighted by atomic mass is 9.95. The van der Waals surface area contributed by atoms with Gasteiger partial charge in [-0.15, -0.1) is 0 Å². The SMILES string of the molecule is Cn1c(=O)n(C)c2cc(S(=O)(=O)N3Cc4ccccc4CC3C(=O)NCCc3ccc(F)cc3)c(Br)cc21. The standard InChI is InChI=1S/C27H26BrFN4O4S/c1-31-22-14-21(28)25(15-23(22)32(2)27(31)35)38(36,37)33-16-19-6-4-3-5-18(19)13-24(33)26(34)30-12-11-17-7-9-20(29)10-8-17/h3-10,14-15,24H,11-13,16H2,1-2H3,(H,30,34). The Labute approximate surface area is 227 Å². The van der Waals surface area contributed by atoms with Gasteiger partial charge in [-0.2, -0.15) is 4.31 Å². The highest BCUT2D eigenvalue weighted by molar-refractivity contribution is 9.10. The average molecular weight is 601 g/mol. The molecular weight excluding hydrogens is 575 g/mol. The number of amides is 1. The predicted molar refractivity (Wildman–Crippen MR) is 146 cm³/mol. The van der Waals surface area contributed by atoms with E-state index in [0.717, 1.165) is 16.7 Å². The van der Waals surface area contributed by atoms with Crippen LogP contribution in [-0.4, -0.2) is 40.4 Å². The minimum atomic E-state index is -4.16. The van der Waals surface area contributed by atoms with E-state index >= 15 is 0 Å². The van der Waals surface area contributed by atoms with E-state index < -0.39 is 22.0 Å². The van der Waals surface area contributed by atoms with Crippen molar-refractivity contribution in [1.29, 1.82) is 0 Å². The summed E-state index contributed by atoms with van der Waals surface area (Å²) in [6.45, 7) is 0.311. The predicted octanol–water partition coefficient (Wildman–Crippen LogP) is 3.25. The Morgan fingerprint density at radius 2 is 1.66 bits per heavy atom. The van der Waals surface area contributed by atoms with Crippen LogP contribution in [0.2, 0.25) is 0 Å². The summed E-state index contributed by atoms with van der Waals surface area (Å²) in [7, 11) is -0.953. The van der Waals surface area contributed by atoms with Gasteiger partial charge in [-0.1, -0.05) is 36.4 Å². The number of benzene rings is 3. The van der Waals surface area contributed by atoms with Gasteiger partial charge in [0.05, 0.1) is 15.9 Å². The molecule has 0 bridgehead atoms. The molecule has 3 aromatic carbocycles. The number of sulfonamides is 1. The molecule has 1 aliphatic heterocycles. The number of nitrogens with zero attached hydrogens (tertiary/aromatic N) is 3. The molecule has 4 aromatic rings. The highest BCUT2D eigenvalue weighted by atomic mass is 79.9. The van der Waals surface area contributed by atoms with E-state index in [0.29, 0.717) is 21.9 Å². The highest BCUT2D eigenvalue weighted by Crippen LogP contribution is 2.34. The largest absolute Gasteiger partial charge is 0.354 e.